The molecule has 2 nitrogen and oxygen atoms in total. The summed E-state index contributed by atoms with van der Waals surface area (Å²) in [5.41, 5.74) is 1.13. The molecular weight excluding hydrogens is 291 g/mol. The van der Waals surface area contributed by atoms with Crippen LogP contribution in [0.15, 0.2) is 78.9 Å². The number of benzene rings is 3. The van der Waals surface area contributed by atoms with Gasteiger partial charge in [0.2, 0.25) is 0 Å². The van der Waals surface area contributed by atoms with Crippen LogP contribution in [0.3, 0.4) is 0 Å². The highest BCUT2D eigenvalue weighted by Gasteiger charge is 2.29. The van der Waals surface area contributed by atoms with E-state index < -0.39 is 7.14 Å². The predicted octanol–water partition coefficient (Wildman–Crippen LogP) is 3.34. The summed E-state index contributed by atoms with van der Waals surface area (Å²) in [6.45, 7) is 2.01. The summed E-state index contributed by atoms with van der Waals surface area (Å²) in [7, 11) is -2.93. The largest absolute Gasteiger partial charge is 0.508 e. The SMILES string of the molecule is Cc1ccc(P(=O)(c2ccccc2)c2ccc(O)cc2)cc1. The van der Waals surface area contributed by atoms with Crippen molar-refractivity contribution in [3.8, 4) is 5.75 Å². The molecule has 0 heterocycles. The number of hydrogen-bond donors (Lipinski definition) is 1. The lowest BCUT2D eigenvalue weighted by molar-refractivity contribution is 0.475. The minimum atomic E-state index is -2.93. The van der Waals surface area contributed by atoms with Crippen LogP contribution >= 0.6 is 7.14 Å². The van der Waals surface area contributed by atoms with Gasteiger partial charge in [-0.2, -0.15) is 0 Å². The first-order valence-electron chi connectivity index (χ1n) is 7.13. The molecule has 3 heteroatoms. The fourth-order valence-electron chi connectivity index (χ4n) is 2.50. The highest BCUT2D eigenvalue weighted by Crippen LogP contribution is 2.42. The zero-order chi connectivity index (χ0) is 15.6. The maximum Gasteiger partial charge on any atom is 0.171 e. The second kappa shape index (κ2) is 5.82. The lowest BCUT2D eigenvalue weighted by Crippen LogP contribution is -2.24. The highest BCUT2D eigenvalue weighted by atomic mass is 31.2. The second-order valence-corrected chi connectivity index (χ2v) is 8.06. The first kappa shape index (κ1) is 14.6. The zero-order valence-corrected chi connectivity index (χ0v) is 13.2. The van der Waals surface area contributed by atoms with Crippen LogP contribution in [0.4, 0.5) is 0 Å². The van der Waals surface area contributed by atoms with Gasteiger partial charge in [-0.05, 0) is 31.2 Å². The zero-order valence-electron chi connectivity index (χ0n) is 12.3. The molecule has 0 saturated heterocycles. The third-order valence-electron chi connectivity index (χ3n) is 3.73. The molecule has 0 fully saturated rings. The quantitative estimate of drug-likeness (QED) is 0.754. The molecule has 3 rings (SSSR count). The van der Waals surface area contributed by atoms with E-state index in [1.807, 2.05) is 61.5 Å². The summed E-state index contributed by atoms with van der Waals surface area (Å²) in [6.07, 6.45) is 0. The van der Waals surface area contributed by atoms with Crippen molar-refractivity contribution in [2.45, 2.75) is 6.92 Å². The van der Waals surface area contributed by atoms with Gasteiger partial charge in [0.05, 0.1) is 0 Å². The van der Waals surface area contributed by atoms with Gasteiger partial charge < -0.3 is 9.67 Å². The summed E-state index contributed by atoms with van der Waals surface area (Å²) in [6, 6.07) is 24.0. The molecule has 0 saturated carbocycles. The second-order valence-electron chi connectivity index (χ2n) is 5.30. The van der Waals surface area contributed by atoms with Crippen molar-refractivity contribution < 1.29 is 9.67 Å². The Morgan fingerprint density at radius 1 is 0.682 bits per heavy atom. The summed E-state index contributed by atoms with van der Waals surface area (Å²) < 4.78 is 14.0. The van der Waals surface area contributed by atoms with Crippen LogP contribution in [0, 0.1) is 6.92 Å². The molecule has 3 aromatic carbocycles. The van der Waals surface area contributed by atoms with Crippen LogP contribution in [0.25, 0.3) is 0 Å². The lowest BCUT2D eigenvalue weighted by Gasteiger charge is -2.20. The van der Waals surface area contributed by atoms with Gasteiger partial charge in [-0.1, -0.05) is 60.2 Å². The first-order chi connectivity index (χ1) is 10.6. The standard InChI is InChI=1S/C19H17O2P/c1-15-7-11-18(12-8-15)22(21,17-5-3-2-4-6-17)19-13-9-16(20)10-14-19/h2-14,20H,1H3. The van der Waals surface area contributed by atoms with Crippen LogP contribution in [0.1, 0.15) is 5.56 Å². The molecule has 0 aliphatic carbocycles. The topological polar surface area (TPSA) is 37.3 Å². The van der Waals surface area contributed by atoms with E-state index in [1.165, 1.54) is 0 Å². The summed E-state index contributed by atoms with van der Waals surface area (Å²) >= 11 is 0. The smallest absolute Gasteiger partial charge is 0.171 e. The van der Waals surface area contributed by atoms with Crippen molar-refractivity contribution in [3.63, 3.8) is 0 Å². The minimum Gasteiger partial charge on any atom is -0.508 e. The fourth-order valence-corrected chi connectivity index (χ4v) is 5.13. The molecule has 22 heavy (non-hydrogen) atoms. The van der Waals surface area contributed by atoms with Crippen LogP contribution in [-0.2, 0) is 4.57 Å². The monoisotopic (exact) mass is 308 g/mol. The summed E-state index contributed by atoms with van der Waals surface area (Å²) in [5, 5.41) is 11.8. The highest BCUT2D eigenvalue weighted by molar-refractivity contribution is 7.85. The molecule has 0 aromatic heterocycles. The van der Waals surface area contributed by atoms with Crippen LogP contribution in [0.5, 0.6) is 5.75 Å². The third-order valence-corrected chi connectivity index (χ3v) is 6.81. The van der Waals surface area contributed by atoms with Crippen molar-refractivity contribution in [1.82, 2.24) is 0 Å². The van der Waals surface area contributed by atoms with Gasteiger partial charge in [-0.25, -0.2) is 0 Å². The molecule has 1 N–H and O–H groups in total. The lowest BCUT2D eigenvalue weighted by atomic mass is 10.2. The number of phenols is 1. The van der Waals surface area contributed by atoms with Gasteiger partial charge in [-0.15, -0.1) is 0 Å². The van der Waals surface area contributed by atoms with E-state index in [-0.39, 0.29) is 5.75 Å². The van der Waals surface area contributed by atoms with Gasteiger partial charge in [0.1, 0.15) is 5.75 Å². The number of aromatic hydroxyl groups is 1. The molecule has 0 spiro atoms. The van der Waals surface area contributed by atoms with Crippen molar-refractivity contribution in [2.75, 3.05) is 0 Å². The third kappa shape index (κ3) is 2.58. The predicted molar refractivity (Wildman–Crippen MR) is 92.2 cm³/mol. The van der Waals surface area contributed by atoms with E-state index in [4.69, 9.17) is 0 Å². The van der Waals surface area contributed by atoms with E-state index in [1.54, 1.807) is 24.3 Å². The molecule has 0 radical (unpaired) electrons. The Labute approximate surface area is 130 Å². The summed E-state index contributed by atoms with van der Waals surface area (Å²) in [5.74, 6) is 0.173. The summed E-state index contributed by atoms with van der Waals surface area (Å²) in [4.78, 5) is 0. The maximum atomic E-state index is 14.0. The van der Waals surface area contributed by atoms with Gasteiger partial charge in [0.25, 0.3) is 0 Å². The molecule has 1 atom stereocenters. The Hall–Kier alpha value is -2.31. The minimum absolute atomic E-state index is 0.173. The average molecular weight is 308 g/mol. The first-order valence-corrected chi connectivity index (χ1v) is 8.84. The van der Waals surface area contributed by atoms with Crippen LogP contribution in [0.2, 0.25) is 0 Å². The van der Waals surface area contributed by atoms with Crippen molar-refractivity contribution in [1.29, 1.82) is 0 Å². The number of hydrogen-bond acceptors (Lipinski definition) is 2. The number of phenolic OH excluding ortho intramolecular Hbond substituents is 1. The Bertz CT molecular complexity index is 757. The van der Waals surface area contributed by atoms with Gasteiger partial charge in [0.15, 0.2) is 7.14 Å². The Morgan fingerprint density at radius 2 is 1.14 bits per heavy atom. The molecule has 110 valence electrons. The van der Waals surface area contributed by atoms with E-state index in [9.17, 15) is 9.67 Å². The molecule has 0 amide bonds. The molecule has 0 aliphatic heterocycles. The van der Waals surface area contributed by atoms with Crippen LogP contribution in [-0.4, -0.2) is 5.11 Å². The van der Waals surface area contributed by atoms with Crippen molar-refractivity contribution in [3.05, 3.63) is 84.4 Å². The molecule has 3 aromatic rings. The normalized spacial score (nSPS) is 13.5. The Morgan fingerprint density at radius 3 is 1.68 bits per heavy atom. The van der Waals surface area contributed by atoms with E-state index in [0.29, 0.717) is 0 Å². The van der Waals surface area contributed by atoms with E-state index >= 15 is 0 Å². The van der Waals surface area contributed by atoms with Crippen molar-refractivity contribution >= 4 is 23.1 Å². The number of rotatable bonds is 3. The molecular formula is C19H17O2P. The maximum absolute atomic E-state index is 14.0. The van der Waals surface area contributed by atoms with Gasteiger partial charge >= 0.3 is 0 Å². The Balaban J connectivity index is 2.25. The fraction of sp³-hybridized carbons (Fsp3) is 0.0526. The average Bonchev–Trinajstić information content (AvgIpc) is 2.56. The number of aryl methyl sites for hydroxylation is 1. The van der Waals surface area contributed by atoms with Crippen molar-refractivity contribution in [2.24, 2.45) is 0 Å². The van der Waals surface area contributed by atoms with Gasteiger partial charge in [-0.3, -0.25) is 0 Å². The molecule has 0 bridgehead atoms. The van der Waals surface area contributed by atoms with Gasteiger partial charge in [0, 0.05) is 15.9 Å². The van der Waals surface area contributed by atoms with E-state index in [0.717, 1.165) is 21.5 Å². The Kier molecular flexibility index (Phi) is 3.87. The van der Waals surface area contributed by atoms with Crippen LogP contribution < -0.4 is 15.9 Å². The molecule has 1 unspecified atom stereocenters. The molecule has 0 aliphatic rings. The van der Waals surface area contributed by atoms with E-state index in [2.05, 4.69) is 0 Å².